The predicted molar refractivity (Wildman–Crippen MR) is 91.7 cm³/mol. The Morgan fingerprint density at radius 1 is 0.920 bits per heavy atom. The zero-order chi connectivity index (χ0) is 18.1. The highest BCUT2D eigenvalue weighted by Gasteiger charge is 2.09. The van der Waals surface area contributed by atoms with Gasteiger partial charge in [0.2, 0.25) is 0 Å². The third-order valence-corrected chi connectivity index (χ3v) is 3.17. The molecule has 0 aliphatic carbocycles. The summed E-state index contributed by atoms with van der Waals surface area (Å²) in [5, 5.41) is 0. The van der Waals surface area contributed by atoms with Crippen molar-refractivity contribution in [1.29, 1.82) is 0 Å². The summed E-state index contributed by atoms with van der Waals surface area (Å²) in [7, 11) is 1.51. The molecule has 7 nitrogen and oxygen atoms in total. The lowest BCUT2D eigenvalue weighted by molar-refractivity contribution is -0.123. The highest BCUT2D eigenvalue weighted by molar-refractivity contribution is 5.95. The van der Waals surface area contributed by atoms with Crippen LogP contribution in [-0.4, -0.2) is 32.1 Å². The van der Waals surface area contributed by atoms with Crippen molar-refractivity contribution < 1.29 is 23.8 Å². The Labute approximate surface area is 145 Å². The van der Waals surface area contributed by atoms with Crippen molar-refractivity contribution in [1.82, 2.24) is 10.9 Å². The molecular weight excluding hydrogens is 324 g/mol. The van der Waals surface area contributed by atoms with Crippen LogP contribution in [0.1, 0.15) is 17.3 Å². The number of benzene rings is 2. The average Bonchev–Trinajstić information content (AvgIpc) is 2.65. The number of rotatable bonds is 7. The second-order valence-electron chi connectivity index (χ2n) is 4.90. The maximum absolute atomic E-state index is 12.0. The van der Waals surface area contributed by atoms with Gasteiger partial charge in [-0.2, -0.15) is 0 Å². The molecule has 0 bridgehead atoms. The maximum Gasteiger partial charge on any atom is 0.276 e. The molecule has 0 radical (unpaired) electrons. The molecule has 0 aromatic heterocycles. The number of ether oxygens (including phenoxy) is 3. The predicted octanol–water partition coefficient (Wildman–Crippen LogP) is 1.93. The van der Waals surface area contributed by atoms with Gasteiger partial charge in [-0.25, -0.2) is 0 Å². The molecule has 0 aliphatic rings. The van der Waals surface area contributed by atoms with Crippen molar-refractivity contribution in [2.75, 3.05) is 20.3 Å². The fraction of sp³-hybridized carbons (Fsp3) is 0.222. The molecule has 0 unspecified atom stereocenters. The normalized spacial score (nSPS) is 9.84. The molecule has 7 heteroatoms. The number of nitrogens with one attached hydrogen (secondary N) is 2. The van der Waals surface area contributed by atoms with Crippen LogP contribution in [-0.2, 0) is 4.79 Å². The first-order valence-electron chi connectivity index (χ1n) is 7.72. The molecule has 0 aliphatic heterocycles. The number of carbonyl (C=O) groups excluding carboxylic acids is 2. The van der Waals surface area contributed by atoms with Crippen molar-refractivity contribution in [2.45, 2.75) is 6.92 Å². The molecule has 132 valence electrons. The molecule has 0 heterocycles. The number of carbonyl (C=O) groups is 2. The van der Waals surface area contributed by atoms with E-state index in [1.807, 2.05) is 6.92 Å². The van der Waals surface area contributed by atoms with Crippen molar-refractivity contribution >= 4 is 11.8 Å². The van der Waals surface area contributed by atoms with Gasteiger partial charge < -0.3 is 14.2 Å². The van der Waals surface area contributed by atoms with Crippen molar-refractivity contribution in [3.63, 3.8) is 0 Å². The summed E-state index contributed by atoms with van der Waals surface area (Å²) in [6.45, 7) is 2.17. The van der Waals surface area contributed by atoms with Crippen LogP contribution in [0.2, 0.25) is 0 Å². The first kappa shape index (κ1) is 18.1. The summed E-state index contributed by atoms with van der Waals surface area (Å²) < 4.78 is 15.8. The second kappa shape index (κ2) is 9.17. The number of methoxy groups -OCH3 is 1. The van der Waals surface area contributed by atoms with E-state index in [9.17, 15) is 9.59 Å². The van der Waals surface area contributed by atoms with Gasteiger partial charge in [0.15, 0.2) is 18.1 Å². The Kier molecular flexibility index (Phi) is 6.65. The number of amides is 2. The molecule has 25 heavy (non-hydrogen) atoms. The third-order valence-electron chi connectivity index (χ3n) is 3.17. The summed E-state index contributed by atoms with van der Waals surface area (Å²) in [5.41, 5.74) is 5.01. The van der Waals surface area contributed by atoms with Gasteiger partial charge in [0.05, 0.1) is 13.7 Å². The molecule has 0 saturated carbocycles. The van der Waals surface area contributed by atoms with E-state index in [0.29, 0.717) is 29.4 Å². The molecule has 2 N–H and O–H groups in total. The molecule has 0 atom stereocenters. The summed E-state index contributed by atoms with van der Waals surface area (Å²) in [5.74, 6) is 0.707. The van der Waals surface area contributed by atoms with E-state index in [1.54, 1.807) is 48.5 Å². The zero-order valence-corrected chi connectivity index (χ0v) is 14.1. The van der Waals surface area contributed by atoms with Crippen LogP contribution in [0.15, 0.2) is 48.5 Å². The largest absolute Gasteiger partial charge is 0.494 e. The monoisotopic (exact) mass is 344 g/mol. The number of hydrogen-bond acceptors (Lipinski definition) is 5. The minimum Gasteiger partial charge on any atom is -0.494 e. The third kappa shape index (κ3) is 5.42. The van der Waals surface area contributed by atoms with Gasteiger partial charge in [0.25, 0.3) is 11.8 Å². The highest BCUT2D eigenvalue weighted by atomic mass is 16.5. The van der Waals surface area contributed by atoms with Crippen molar-refractivity contribution in [3.05, 3.63) is 54.1 Å². The SMILES string of the molecule is CCOc1ccc(C(=O)NNC(=O)COc2ccccc2OC)cc1. The minimum atomic E-state index is -0.495. The van der Waals surface area contributed by atoms with Crippen molar-refractivity contribution in [3.8, 4) is 17.2 Å². The molecule has 2 aromatic carbocycles. The van der Waals surface area contributed by atoms with E-state index >= 15 is 0 Å². The topological polar surface area (TPSA) is 85.9 Å². The summed E-state index contributed by atoms with van der Waals surface area (Å²) in [6.07, 6.45) is 0. The van der Waals surface area contributed by atoms with Gasteiger partial charge in [-0.3, -0.25) is 20.4 Å². The van der Waals surface area contributed by atoms with Gasteiger partial charge in [0.1, 0.15) is 5.75 Å². The van der Waals surface area contributed by atoms with Gasteiger partial charge in [-0.15, -0.1) is 0 Å². The lowest BCUT2D eigenvalue weighted by atomic mass is 10.2. The summed E-state index contributed by atoms with van der Waals surface area (Å²) >= 11 is 0. The quantitative estimate of drug-likeness (QED) is 0.750. The minimum absolute atomic E-state index is 0.260. The van der Waals surface area contributed by atoms with Crippen LogP contribution in [0.25, 0.3) is 0 Å². The first-order valence-corrected chi connectivity index (χ1v) is 7.72. The lowest BCUT2D eigenvalue weighted by Crippen LogP contribution is -2.43. The van der Waals surface area contributed by atoms with Crippen LogP contribution in [0.3, 0.4) is 0 Å². The molecule has 0 saturated heterocycles. The van der Waals surface area contributed by atoms with E-state index in [1.165, 1.54) is 7.11 Å². The molecule has 0 fully saturated rings. The Bertz CT molecular complexity index is 716. The first-order chi connectivity index (χ1) is 12.1. The fourth-order valence-electron chi connectivity index (χ4n) is 1.99. The Morgan fingerprint density at radius 3 is 2.24 bits per heavy atom. The van der Waals surface area contributed by atoms with E-state index in [-0.39, 0.29) is 6.61 Å². The van der Waals surface area contributed by atoms with Crippen LogP contribution < -0.4 is 25.1 Å². The second-order valence-corrected chi connectivity index (χ2v) is 4.90. The standard InChI is InChI=1S/C18H20N2O5/c1-3-24-14-10-8-13(9-11-14)18(22)20-19-17(21)12-25-16-7-5-4-6-15(16)23-2/h4-11H,3,12H2,1-2H3,(H,19,21)(H,20,22). The molecular formula is C18H20N2O5. The van der Waals surface area contributed by atoms with Crippen LogP contribution in [0.4, 0.5) is 0 Å². The van der Waals surface area contributed by atoms with Gasteiger partial charge in [-0.1, -0.05) is 12.1 Å². The van der Waals surface area contributed by atoms with Crippen molar-refractivity contribution in [2.24, 2.45) is 0 Å². The smallest absolute Gasteiger partial charge is 0.276 e. The number of hydrogen-bond donors (Lipinski definition) is 2. The molecule has 2 aromatic rings. The van der Waals surface area contributed by atoms with Crippen LogP contribution >= 0.6 is 0 Å². The molecule has 2 rings (SSSR count). The zero-order valence-electron chi connectivity index (χ0n) is 14.1. The van der Waals surface area contributed by atoms with Gasteiger partial charge in [0, 0.05) is 5.56 Å². The van der Waals surface area contributed by atoms with Crippen LogP contribution in [0, 0.1) is 0 Å². The van der Waals surface area contributed by atoms with E-state index in [2.05, 4.69) is 10.9 Å². The Morgan fingerprint density at radius 2 is 1.60 bits per heavy atom. The summed E-state index contributed by atoms with van der Waals surface area (Å²) in [6, 6.07) is 13.6. The van der Waals surface area contributed by atoms with E-state index in [0.717, 1.165) is 0 Å². The Balaban J connectivity index is 1.80. The van der Waals surface area contributed by atoms with Gasteiger partial charge >= 0.3 is 0 Å². The average molecular weight is 344 g/mol. The number of para-hydroxylation sites is 2. The lowest BCUT2D eigenvalue weighted by Gasteiger charge is -2.11. The molecule has 0 spiro atoms. The maximum atomic E-state index is 12.0. The van der Waals surface area contributed by atoms with Crippen LogP contribution in [0.5, 0.6) is 17.2 Å². The Hall–Kier alpha value is -3.22. The van der Waals surface area contributed by atoms with E-state index < -0.39 is 11.8 Å². The summed E-state index contributed by atoms with van der Waals surface area (Å²) in [4.78, 5) is 23.7. The fourth-order valence-corrected chi connectivity index (χ4v) is 1.99. The highest BCUT2D eigenvalue weighted by Crippen LogP contribution is 2.25. The van der Waals surface area contributed by atoms with E-state index in [4.69, 9.17) is 14.2 Å². The number of hydrazine groups is 1. The van der Waals surface area contributed by atoms with Gasteiger partial charge in [-0.05, 0) is 43.3 Å². The molecule has 2 amide bonds.